The molecule has 4 heteroatoms. The van der Waals surface area contributed by atoms with Gasteiger partial charge in [-0.2, -0.15) is 0 Å². The lowest BCUT2D eigenvalue weighted by molar-refractivity contribution is 0.0697. The maximum atomic E-state index is 11.0. The second-order valence-electron chi connectivity index (χ2n) is 5.18. The Labute approximate surface area is 134 Å². The molecule has 0 saturated heterocycles. The van der Waals surface area contributed by atoms with Crippen molar-refractivity contribution in [3.05, 3.63) is 77.6 Å². The van der Waals surface area contributed by atoms with Crippen LogP contribution in [0, 0.1) is 0 Å². The van der Waals surface area contributed by atoms with E-state index >= 15 is 0 Å². The highest BCUT2D eigenvalue weighted by Crippen LogP contribution is 2.25. The third kappa shape index (κ3) is 3.43. The predicted octanol–water partition coefficient (Wildman–Crippen LogP) is 4.24. The number of carboxylic acid groups (broad SMARTS) is 1. The quantitative estimate of drug-likeness (QED) is 0.765. The van der Waals surface area contributed by atoms with Gasteiger partial charge in [0, 0.05) is 12.0 Å². The monoisotopic (exact) mass is 308 g/mol. The predicted molar refractivity (Wildman–Crippen MR) is 86.9 cm³/mol. The number of benzene rings is 2. The summed E-state index contributed by atoms with van der Waals surface area (Å²) in [5.74, 6) is 1.36. The van der Waals surface area contributed by atoms with Crippen molar-refractivity contribution in [3.63, 3.8) is 0 Å². The lowest BCUT2D eigenvalue weighted by atomic mass is 10.1. The Kier molecular flexibility index (Phi) is 4.15. The highest BCUT2D eigenvalue weighted by atomic mass is 16.5. The average Bonchev–Trinajstić information content (AvgIpc) is 3.04. The lowest BCUT2D eigenvalue weighted by Gasteiger charge is -2.02. The third-order valence-electron chi connectivity index (χ3n) is 3.59. The molecule has 0 spiro atoms. The van der Waals surface area contributed by atoms with Crippen LogP contribution in [0.2, 0.25) is 0 Å². The van der Waals surface area contributed by atoms with Crippen molar-refractivity contribution in [2.75, 3.05) is 7.11 Å². The molecule has 0 saturated carbocycles. The van der Waals surface area contributed by atoms with Crippen LogP contribution in [-0.2, 0) is 6.42 Å². The number of carboxylic acids is 1. The number of methoxy groups -OCH3 is 1. The average molecular weight is 308 g/mol. The van der Waals surface area contributed by atoms with Crippen LogP contribution in [0.4, 0.5) is 0 Å². The van der Waals surface area contributed by atoms with Crippen LogP contribution in [0.15, 0.2) is 65.1 Å². The van der Waals surface area contributed by atoms with E-state index < -0.39 is 5.97 Å². The molecule has 23 heavy (non-hydrogen) atoms. The largest absolute Gasteiger partial charge is 0.497 e. The maximum Gasteiger partial charge on any atom is 0.335 e. The van der Waals surface area contributed by atoms with Gasteiger partial charge in [-0.15, -0.1) is 0 Å². The second kappa shape index (κ2) is 6.40. The highest BCUT2D eigenvalue weighted by Gasteiger charge is 2.09. The molecule has 0 unspecified atom stereocenters. The van der Waals surface area contributed by atoms with E-state index in [4.69, 9.17) is 14.3 Å². The van der Waals surface area contributed by atoms with Gasteiger partial charge in [-0.1, -0.05) is 24.3 Å². The Morgan fingerprint density at radius 3 is 2.57 bits per heavy atom. The van der Waals surface area contributed by atoms with Crippen LogP contribution in [0.25, 0.3) is 11.3 Å². The van der Waals surface area contributed by atoms with Crippen molar-refractivity contribution in [2.45, 2.75) is 6.42 Å². The Hall–Kier alpha value is -3.01. The summed E-state index contributed by atoms with van der Waals surface area (Å²) >= 11 is 0. The number of rotatable bonds is 5. The number of aromatic carboxylic acids is 1. The van der Waals surface area contributed by atoms with Gasteiger partial charge in [-0.25, -0.2) is 4.79 Å². The van der Waals surface area contributed by atoms with Crippen LogP contribution in [-0.4, -0.2) is 18.2 Å². The van der Waals surface area contributed by atoms with Crippen molar-refractivity contribution in [1.29, 1.82) is 0 Å². The third-order valence-corrected chi connectivity index (χ3v) is 3.59. The molecule has 0 amide bonds. The van der Waals surface area contributed by atoms with E-state index in [0.29, 0.717) is 12.2 Å². The molecule has 0 radical (unpaired) electrons. The normalized spacial score (nSPS) is 10.5. The molecule has 2 aromatic carbocycles. The first-order valence-electron chi connectivity index (χ1n) is 7.21. The van der Waals surface area contributed by atoms with E-state index in [9.17, 15) is 4.79 Å². The topological polar surface area (TPSA) is 59.7 Å². The highest BCUT2D eigenvalue weighted by molar-refractivity contribution is 5.89. The lowest BCUT2D eigenvalue weighted by Crippen LogP contribution is -1.95. The number of hydrogen-bond acceptors (Lipinski definition) is 3. The van der Waals surface area contributed by atoms with Gasteiger partial charge in [0.1, 0.15) is 17.3 Å². The molecule has 0 atom stereocenters. The zero-order valence-corrected chi connectivity index (χ0v) is 12.7. The van der Waals surface area contributed by atoms with Gasteiger partial charge >= 0.3 is 5.97 Å². The Morgan fingerprint density at radius 1 is 1.09 bits per heavy atom. The van der Waals surface area contributed by atoms with Crippen LogP contribution >= 0.6 is 0 Å². The summed E-state index contributed by atoms with van der Waals surface area (Å²) in [5.41, 5.74) is 2.12. The summed E-state index contributed by atoms with van der Waals surface area (Å²) in [6, 6.07) is 18.3. The van der Waals surface area contributed by atoms with E-state index in [-0.39, 0.29) is 5.56 Å². The molecule has 0 bridgehead atoms. The Bertz CT molecular complexity index is 815. The van der Waals surface area contributed by atoms with Gasteiger partial charge in [-0.3, -0.25) is 0 Å². The SMILES string of the molecule is COc1ccc(Cc2ccc(-c3cccc(C(=O)O)c3)o2)cc1. The van der Waals surface area contributed by atoms with E-state index in [1.54, 1.807) is 25.3 Å². The van der Waals surface area contributed by atoms with Crippen molar-refractivity contribution < 1.29 is 19.1 Å². The fourth-order valence-corrected chi connectivity index (χ4v) is 2.38. The minimum Gasteiger partial charge on any atom is -0.497 e. The number of furan rings is 1. The van der Waals surface area contributed by atoms with Gasteiger partial charge in [0.2, 0.25) is 0 Å². The summed E-state index contributed by atoms with van der Waals surface area (Å²) in [5, 5.41) is 9.06. The van der Waals surface area contributed by atoms with Crippen LogP contribution in [0.1, 0.15) is 21.7 Å². The van der Waals surface area contributed by atoms with Gasteiger partial charge in [-0.05, 0) is 42.0 Å². The van der Waals surface area contributed by atoms with Gasteiger partial charge in [0.15, 0.2) is 0 Å². The van der Waals surface area contributed by atoms with Crippen molar-refractivity contribution in [3.8, 4) is 17.1 Å². The molecule has 116 valence electrons. The molecule has 1 N–H and O–H groups in total. The first-order valence-corrected chi connectivity index (χ1v) is 7.21. The zero-order valence-electron chi connectivity index (χ0n) is 12.7. The maximum absolute atomic E-state index is 11.0. The van der Waals surface area contributed by atoms with Gasteiger partial charge in [0.05, 0.1) is 12.7 Å². The molecule has 3 rings (SSSR count). The smallest absolute Gasteiger partial charge is 0.335 e. The minimum atomic E-state index is -0.947. The van der Waals surface area contributed by atoms with E-state index in [1.807, 2.05) is 42.5 Å². The summed E-state index contributed by atoms with van der Waals surface area (Å²) in [6.07, 6.45) is 0.669. The van der Waals surface area contributed by atoms with E-state index in [1.165, 1.54) is 0 Å². The summed E-state index contributed by atoms with van der Waals surface area (Å²) in [6.45, 7) is 0. The van der Waals surface area contributed by atoms with Crippen LogP contribution in [0.3, 0.4) is 0 Å². The molecule has 4 nitrogen and oxygen atoms in total. The Balaban J connectivity index is 1.79. The van der Waals surface area contributed by atoms with Gasteiger partial charge in [0.25, 0.3) is 0 Å². The van der Waals surface area contributed by atoms with Gasteiger partial charge < -0.3 is 14.3 Å². The molecule has 0 fully saturated rings. The molecule has 0 aliphatic carbocycles. The summed E-state index contributed by atoms with van der Waals surface area (Å²) in [7, 11) is 1.64. The first kappa shape index (κ1) is 14.9. The number of hydrogen-bond donors (Lipinski definition) is 1. The number of ether oxygens (including phenoxy) is 1. The Morgan fingerprint density at radius 2 is 1.87 bits per heavy atom. The second-order valence-corrected chi connectivity index (χ2v) is 5.18. The molecule has 0 aliphatic heterocycles. The van der Waals surface area contributed by atoms with Crippen molar-refractivity contribution in [1.82, 2.24) is 0 Å². The minimum absolute atomic E-state index is 0.246. The number of carbonyl (C=O) groups is 1. The summed E-state index contributed by atoms with van der Waals surface area (Å²) in [4.78, 5) is 11.0. The van der Waals surface area contributed by atoms with Crippen LogP contribution in [0.5, 0.6) is 5.75 Å². The molecule has 1 aromatic heterocycles. The first-order chi connectivity index (χ1) is 11.2. The van der Waals surface area contributed by atoms with E-state index in [2.05, 4.69) is 0 Å². The molecule has 0 aliphatic rings. The fourth-order valence-electron chi connectivity index (χ4n) is 2.38. The van der Waals surface area contributed by atoms with Crippen molar-refractivity contribution in [2.24, 2.45) is 0 Å². The fraction of sp³-hybridized carbons (Fsp3) is 0.105. The summed E-state index contributed by atoms with van der Waals surface area (Å²) < 4.78 is 11.0. The molecule has 3 aromatic rings. The zero-order chi connectivity index (χ0) is 16.2. The van der Waals surface area contributed by atoms with Crippen molar-refractivity contribution >= 4 is 5.97 Å². The standard InChI is InChI=1S/C19H16O4/c1-22-16-7-5-13(6-8-16)11-17-9-10-18(23-17)14-3-2-4-15(12-14)19(20)21/h2-10,12H,11H2,1H3,(H,20,21). The molecule has 1 heterocycles. The van der Waals surface area contributed by atoms with E-state index in [0.717, 1.165) is 22.6 Å². The van der Waals surface area contributed by atoms with Crippen LogP contribution < -0.4 is 4.74 Å². The molecular weight excluding hydrogens is 292 g/mol. The molecular formula is C19H16O4.